The van der Waals surface area contributed by atoms with Crippen molar-refractivity contribution in [3.8, 4) is 0 Å². The Labute approximate surface area is 405 Å². The average Bonchev–Trinajstić information content (AvgIpc) is 3.35. The molecule has 0 aliphatic carbocycles. The molecule has 68 heavy (non-hydrogen) atoms. The lowest BCUT2D eigenvalue weighted by atomic mass is 10.4. The third-order valence-electron chi connectivity index (χ3n) is 5.52. The van der Waals surface area contributed by atoms with Crippen molar-refractivity contribution < 1.29 is 94.3 Å². The number of methoxy groups -OCH3 is 2. The summed E-state index contributed by atoms with van der Waals surface area (Å²) < 4.78 is 50.5. The van der Waals surface area contributed by atoms with Gasteiger partial charge < -0.3 is 60.9 Å². The molecule has 0 saturated heterocycles. The first kappa shape index (κ1) is 78.8. The highest BCUT2D eigenvalue weighted by Gasteiger charge is 2.46. The van der Waals surface area contributed by atoms with E-state index in [2.05, 4.69) is 76.3 Å². The second-order valence-electron chi connectivity index (χ2n) is 11.7. The molecule has 22 heteroatoms. The van der Waals surface area contributed by atoms with Gasteiger partial charge in [0.2, 0.25) is 0 Å². The lowest BCUT2D eigenvalue weighted by molar-refractivity contribution is -0.140. The lowest BCUT2D eigenvalue weighted by Crippen LogP contribution is -2.47. The van der Waals surface area contributed by atoms with Gasteiger partial charge in [-0.2, -0.15) is 0 Å². The van der Waals surface area contributed by atoms with E-state index in [0.717, 1.165) is 62.3 Å². The van der Waals surface area contributed by atoms with Gasteiger partial charge in [-0.3, -0.25) is 0 Å². The van der Waals surface area contributed by atoms with E-state index in [1.807, 2.05) is 39.8 Å². The molecule has 1 N–H and O–H groups in total. The van der Waals surface area contributed by atoms with Gasteiger partial charge in [0, 0.05) is 75.5 Å². The maximum Gasteiger partial charge on any atom is 0.751 e. The molecule has 0 aromatic carbocycles. The van der Waals surface area contributed by atoms with E-state index in [0.29, 0.717) is 37.6 Å². The summed E-state index contributed by atoms with van der Waals surface area (Å²) in [5.74, 6) is -3.21. The molecular formula is C46H79NO20Si. The summed E-state index contributed by atoms with van der Waals surface area (Å²) in [6.07, 6.45) is 9.30. The predicted octanol–water partition coefficient (Wildman–Crippen LogP) is 4.92. The van der Waals surface area contributed by atoms with E-state index in [1.54, 1.807) is 13.8 Å². The SMILES string of the molecule is C=C(C)C(=O)OCCC.C=C(C)C(=O)OCCO.C=CC(=O)OC.C=CC(=O)OC.C=CC(=O)OCCC.C=CC(=O)OCCC.C=CC(=O)OCCN(C)C.C=CC(=O)O[Si](OC)(OC)OC. The third kappa shape index (κ3) is 71.3. The standard InChI is InChI=1S/C7H13NO2.C7H12O2.C6H12O5Si.C6H10O3.2C6H10O2.2C4H6O2/c1-4-7(9)10-6-5-8(2)3;1-4-5-9-7(8)6(2)3;1-5-6(7)11-12(8-2,9-3)10-4;1-5(2)6(8)9-4-3-7;2*1-3-5-8-6(7)4-2;2*1-3-4(5)6-2/h4H,1,5-6H2,2-3H3;2,4-5H2,1,3H3;5H,1H2,2-4H3;7H,1,3-4H2,2H3;2*4H,2-3,5H2,1H3;2*3H,1H2,2H3. The zero-order chi connectivity index (χ0) is 54.9. The predicted molar refractivity (Wildman–Crippen MR) is 259 cm³/mol. The first-order valence-electron chi connectivity index (χ1n) is 20.1. The van der Waals surface area contributed by atoms with Crippen molar-refractivity contribution in [2.45, 2.75) is 53.9 Å². The molecule has 0 amide bonds. The Kier molecular flexibility index (Phi) is 70.4. The molecule has 21 nitrogen and oxygen atoms in total. The number of carbonyl (C=O) groups is 8. The number of nitrogens with zero attached hydrogens (tertiary/aromatic N) is 1. The summed E-state index contributed by atoms with van der Waals surface area (Å²) in [6.45, 7) is 37.7. The van der Waals surface area contributed by atoms with Gasteiger partial charge in [-0.25, -0.2) is 38.4 Å². The van der Waals surface area contributed by atoms with Crippen molar-refractivity contribution in [2.75, 3.05) is 95.8 Å². The van der Waals surface area contributed by atoms with E-state index in [4.69, 9.17) is 32.3 Å². The number of hydrogen-bond acceptors (Lipinski definition) is 21. The molecule has 0 radical (unpaired) electrons. The van der Waals surface area contributed by atoms with E-state index >= 15 is 0 Å². The number of aliphatic hydroxyl groups excluding tert-OH is 1. The van der Waals surface area contributed by atoms with Crippen molar-refractivity contribution in [2.24, 2.45) is 0 Å². The van der Waals surface area contributed by atoms with E-state index in [1.165, 1.54) is 35.5 Å². The maximum absolute atomic E-state index is 10.8. The van der Waals surface area contributed by atoms with Gasteiger partial charge in [0.1, 0.15) is 13.2 Å². The van der Waals surface area contributed by atoms with Crippen LogP contribution in [0.4, 0.5) is 0 Å². The normalized spacial score (nSPS) is 8.74. The number of ether oxygens (including phenoxy) is 7. The molecule has 0 aromatic rings. The van der Waals surface area contributed by atoms with Crippen LogP contribution in [0.3, 0.4) is 0 Å². The summed E-state index contributed by atoms with van der Waals surface area (Å²) in [5.41, 5.74) is 0.812. The highest BCUT2D eigenvalue weighted by Crippen LogP contribution is 2.07. The molecular weight excluding hydrogens is 915 g/mol. The number of likely N-dealkylation sites (N-methyl/N-ethyl adjacent to an activating group) is 1. The fourth-order valence-electron chi connectivity index (χ4n) is 2.20. The van der Waals surface area contributed by atoms with Crippen molar-refractivity contribution in [1.29, 1.82) is 0 Å². The van der Waals surface area contributed by atoms with Crippen LogP contribution in [0.1, 0.15) is 53.9 Å². The van der Waals surface area contributed by atoms with Crippen LogP contribution >= 0.6 is 0 Å². The average molecular weight is 994 g/mol. The number of rotatable bonds is 23. The molecule has 0 unspecified atom stereocenters. The van der Waals surface area contributed by atoms with Gasteiger partial charge in [0.25, 0.3) is 0 Å². The lowest BCUT2D eigenvalue weighted by Gasteiger charge is -2.21. The molecule has 0 spiro atoms. The summed E-state index contributed by atoms with van der Waals surface area (Å²) in [5, 5.41) is 8.19. The minimum absolute atomic E-state index is 0.0473. The number of aliphatic hydroxyl groups is 1. The Morgan fingerprint density at radius 1 is 0.471 bits per heavy atom. The molecule has 0 aliphatic heterocycles. The molecule has 392 valence electrons. The quantitative estimate of drug-likeness (QED) is 0.0616. The second-order valence-corrected chi connectivity index (χ2v) is 14.1. The Morgan fingerprint density at radius 3 is 0.956 bits per heavy atom. The zero-order valence-electron chi connectivity index (χ0n) is 42.3. The van der Waals surface area contributed by atoms with Crippen LogP contribution in [0.5, 0.6) is 0 Å². The van der Waals surface area contributed by atoms with Gasteiger partial charge in [-0.1, -0.05) is 73.4 Å². The summed E-state index contributed by atoms with van der Waals surface area (Å²) in [4.78, 5) is 84.3. The highest BCUT2D eigenvalue weighted by atomic mass is 28.4. The smallest absolute Gasteiger partial charge is 0.466 e. The molecule has 0 atom stereocenters. The van der Waals surface area contributed by atoms with Crippen molar-refractivity contribution in [3.05, 3.63) is 100 Å². The molecule has 0 rings (SSSR count). The molecule has 0 aromatic heterocycles. The van der Waals surface area contributed by atoms with Crippen molar-refractivity contribution in [3.63, 3.8) is 0 Å². The van der Waals surface area contributed by atoms with Crippen LogP contribution in [-0.4, -0.2) is 163 Å². The fraction of sp³-hybridized carbons (Fsp3) is 0.478. The first-order chi connectivity index (χ1) is 31.9. The highest BCUT2D eigenvalue weighted by molar-refractivity contribution is 6.55. The van der Waals surface area contributed by atoms with Crippen LogP contribution < -0.4 is 0 Å². The third-order valence-corrected chi connectivity index (χ3v) is 7.47. The Balaban J connectivity index is -0.000000102. The Hall–Kier alpha value is -6.30. The summed E-state index contributed by atoms with van der Waals surface area (Å²) >= 11 is 0. The first-order valence-corrected chi connectivity index (χ1v) is 21.7. The largest absolute Gasteiger partial charge is 0.751 e. The maximum atomic E-state index is 10.8. The number of esters is 7. The minimum atomic E-state index is -3.22. The second kappa shape index (κ2) is 60.7. The van der Waals surface area contributed by atoms with Gasteiger partial charge in [0.15, 0.2) is 0 Å². The van der Waals surface area contributed by atoms with Crippen LogP contribution in [-0.2, 0) is 89.2 Å². The van der Waals surface area contributed by atoms with Crippen molar-refractivity contribution in [1.82, 2.24) is 4.90 Å². The van der Waals surface area contributed by atoms with Crippen LogP contribution in [0.2, 0.25) is 0 Å². The topological polar surface area (TPSA) is 262 Å². The van der Waals surface area contributed by atoms with Crippen molar-refractivity contribution >= 4 is 56.8 Å². The summed E-state index contributed by atoms with van der Waals surface area (Å²) in [6, 6.07) is 0. The molecule has 0 fully saturated rings. The van der Waals surface area contributed by atoms with E-state index < -0.39 is 32.9 Å². The fourth-order valence-corrected chi connectivity index (χ4v) is 3.28. The Bertz CT molecular complexity index is 1390. The number of carbonyl (C=O) groups excluding carboxylic acids is 8. The van der Waals surface area contributed by atoms with E-state index in [-0.39, 0.29) is 37.1 Å². The molecule has 0 heterocycles. The van der Waals surface area contributed by atoms with Crippen LogP contribution in [0.15, 0.2) is 100 Å². The summed E-state index contributed by atoms with van der Waals surface area (Å²) in [7, 11) is 7.26. The minimum Gasteiger partial charge on any atom is -0.466 e. The zero-order valence-corrected chi connectivity index (χ0v) is 43.3. The van der Waals surface area contributed by atoms with Gasteiger partial charge in [0.05, 0.1) is 40.6 Å². The number of hydrogen-bond donors (Lipinski definition) is 1. The van der Waals surface area contributed by atoms with Crippen LogP contribution in [0.25, 0.3) is 0 Å². The Morgan fingerprint density at radius 2 is 0.750 bits per heavy atom. The van der Waals surface area contributed by atoms with Gasteiger partial charge in [-0.15, -0.1) is 0 Å². The molecule has 0 bridgehead atoms. The molecule has 0 saturated carbocycles. The molecule has 0 aliphatic rings. The van der Waals surface area contributed by atoms with Crippen LogP contribution in [0, 0.1) is 0 Å². The van der Waals surface area contributed by atoms with Gasteiger partial charge >= 0.3 is 56.8 Å². The van der Waals surface area contributed by atoms with Gasteiger partial charge in [-0.05, 0) is 47.2 Å². The monoisotopic (exact) mass is 993 g/mol. The van der Waals surface area contributed by atoms with E-state index in [9.17, 15) is 38.4 Å².